The standard InChI is InChI=1S/C29H37F2N3O3/c30-21-10-12-23(26-8-4-16-37-26)24(17-21)27(29(35)36)34-15-13-20(18-34)25(31)7-2-1-6-22-11-9-19-5-3-14-32-28(19)33-22/h9-12,17,20,25-27H,1-8,13-16,18H2,(H,32,33)(H,35,36)/t20-,25?,26+,27-/m1/s1. The fourth-order valence-corrected chi connectivity index (χ4v) is 6.12. The van der Waals surface area contributed by atoms with Gasteiger partial charge in [-0.15, -0.1) is 0 Å². The van der Waals surface area contributed by atoms with Gasteiger partial charge in [-0.25, -0.2) is 13.8 Å². The van der Waals surface area contributed by atoms with Crippen LogP contribution in [-0.4, -0.2) is 53.4 Å². The topological polar surface area (TPSA) is 74.7 Å². The number of hydrogen-bond donors (Lipinski definition) is 2. The molecule has 4 atom stereocenters. The van der Waals surface area contributed by atoms with Crippen LogP contribution in [0.25, 0.3) is 0 Å². The van der Waals surface area contributed by atoms with Gasteiger partial charge in [0.25, 0.3) is 0 Å². The zero-order chi connectivity index (χ0) is 25.8. The number of nitrogens with zero attached hydrogens (tertiary/aromatic N) is 2. The summed E-state index contributed by atoms with van der Waals surface area (Å²) in [5.74, 6) is -0.723. The number of pyridine rings is 1. The highest BCUT2D eigenvalue weighted by molar-refractivity contribution is 5.76. The van der Waals surface area contributed by atoms with Crippen LogP contribution in [0, 0.1) is 11.7 Å². The van der Waals surface area contributed by atoms with Crippen molar-refractivity contribution < 1.29 is 23.4 Å². The lowest BCUT2D eigenvalue weighted by molar-refractivity contribution is -0.143. The van der Waals surface area contributed by atoms with Gasteiger partial charge in [-0.1, -0.05) is 18.6 Å². The maximum absolute atomic E-state index is 15.2. The summed E-state index contributed by atoms with van der Waals surface area (Å²) >= 11 is 0. The van der Waals surface area contributed by atoms with E-state index in [4.69, 9.17) is 9.72 Å². The van der Waals surface area contributed by atoms with Crippen molar-refractivity contribution in [1.82, 2.24) is 9.88 Å². The fourth-order valence-electron chi connectivity index (χ4n) is 6.12. The number of aliphatic carboxylic acids is 1. The van der Waals surface area contributed by atoms with Crippen LogP contribution in [0.2, 0.25) is 0 Å². The third kappa shape index (κ3) is 6.12. The van der Waals surface area contributed by atoms with Gasteiger partial charge in [0.2, 0.25) is 0 Å². The van der Waals surface area contributed by atoms with Crippen LogP contribution in [0.4, 0.5) is 14.6 Å². The molecule has 4 heterocycles. The lowest BCUT2D eigenvalue weighted by Crippen LogP contribution is -2.34. The zero-order valence-corrected chi connectivity index (χ0v) is 21.3. The number of carboxylic acids is 1. The Bertz CT molecular complexity index is 1090. The first-order valence-electron chi connectivity index (χ1n) is 13.7. The average Bonchev–Trinajstić information content (AvgIpc) is 3.60. The average molecular weight is 514 g/mol. The second-order valence-corrected chi connectivity index (χ2v) is 10.7. The van der Waals surface area contributed by atoms with Gasteiger partial charge < -0.3 is 15.2 Å². The Kier molecular flexibility index (Phi) is 8.35. The first kappa shape index (κ1) is 26.0. The number of carbonyl (C=O) groups is 1. The van der Waals surface area contributed by atoms with Crippen molar-refractivity contribution in [3.05, 3.63) is 58.5 Å². The number of ether oxygens (including phenoxy) is 1. The number of unbranched alkanes of at least 4 members (excludes halogenated alkanes) is 1. The molecule has 0 spiro atoms. The molecule has 1 unspecified atom stereocenters. The molecular weight excluding hydrogens is 476 g/mol. The molecule has 1 aromatic heterocycles. The van der Waals surface area contributed by atoms with Crippen LogP contribution in [0.15, 0.2) is 30.3 Å². The minimum Gasteiger partial charge on any atom is -0.480 e. The molecule has 0 aliphatic carbocycles. The van der Waals surface area contributed by atoms with Crippen molar-refractivity contribution in [3.63, 3.8) is 0 Å². The van der Waals surface area contributed by atoms with Crippen molar-refractivity contribution in [3.8, 4) is 0 Å². The first-order chi connectivity index (χ1) is 18.0. The van der Waals surface area contributed by atoms with E-state index in [0.29, 0.717) is 38.1 Å². The molecule has 8 heteroatoms. The molecule has 2 aromatic rings. The van der Waals surface area contributed by atoms with E-state index in [1.54, 1.807) is 11.0 Å². The van der Waals surface area contributed by atoms with E-state index in [2.05, 4.69) is 17.4 Å². The third-order valence-electron chi connectivity index (χ3n) is 8.10. The molecule has 6 nitrogen and oxygen atoms in total. The molecule has 200 valence electrons. The van der Waals surface area contributed by atoms with E-state index in [1.807, 2.05) is 0 Å². The van der Waals surface area contributed by atoms with Crippen LogP contribution in [0.3, 0.4) is 0 Å². The van der Waals surface area contributed by atoms with Crippen LogP contribution in [0.1, 0.15) is 79.5 Å². The number of hydrogen-bond acceptors (Lipinski definition) is 5. The molecule has 2 saturated heterocycles. The molecule has 3 aliphatic rings. The summed E-state index contributed by atoms with van der Waals surface area (Å²) in [4.78, 5) is 18.9. The van der Waals surface area contributed by atoms with Gasteiger partial charge in [-0.2, -0.15) is 0 Å². The normalized spacial score (nSPS) is 23.4. The number of fused-ring (bicyclic) bond motifs is 1. The number of rotatable bonds is 10. The monoisotopic (exact) mass is 513 g/mol. The smallest absolute Gasteiger partial charge is 0.325 e. The van der Waals surface area contributed by atoms with Gasteiger partial charge in [-0.3, -0.25) is 9.69 Å². The number of aryl methyl sites for hydroxylation is 2. The SMILES string of the molecule is O=C(O)[C@@H](c1cc(F)ccc1[C@@H]1CCCO1)N1CC[C@@H](C(F)CCCCc2ccc3c(n2)NCCC3)C1. The number of anilines is 1. The summed E-state index contributed by atoms with van der Waals surface area (Å²) in [5, 5.41) is 13.5. The van der Waals surface area contributed by atoms with Gasteiger partial charge in [0, 0.05) is 31.3 Å². The largest absolute Gasteiger partial charge is 0.480 e. The molecule has 0 bridgehead atoms. The Morgan fingerprint density at radius 2 is 2.11 bits per heavy atom. The highest BCUT2D eigenvalue weighted by Crippen LogP contribution is 2.38. The molecule has 0 saturated carbocycles. The molecule has 0 amide bonds. The van der Waals surface area contributed by atoms with E-state index in [0.717, 1.165) is 68.6 Å². The molecule has 2 fully saturated rings. The molecule has 1 aromatic carbocycles. The number of halogens is 2. The number of nitrogens with one attached hydrogen (secondary N) is 1. The fraction of sp³-hybridized carbons (Fsp3) is 0.586. The van der Waals surface area contributed by atoms with Crippen molar-refractivity contribution >= 4 is 11.8 Å². The molecule has 5 rings (SSSR count). The quantitative estimate of drug-likeness (QED) is 0.401. The predicted molar refractivity (Wildman–Crippen MR) is 138 cm³/mol. The minimum absolute atomic E-state index is 0.215. The van der Waals surface area contributed by atoms with Gasteiger partial charge in [0.1, 0.15) is 23.8 Å². The van der Waals surface area contributed by atoms with Gasteiger partial charge in [-0.05, 0) is 92.8 Å². The number of aromatic nitrogens is 1. The molecule has 2 N–H and O–H groups in total. The van der Waals surface area contributed by atoms with E-state index < -0.39 is 24.0 Å². The molecule has 3 aliphatic heterocycles. The third-order valence-corrected chi connectivity index (χ3v) is 8.10. The summed E-state index contributed by atoms with van der Waals surface area (Å²) in [6.07, 6.45) is 6.21. The predicted octanol–water partition coefficient (Wildman–Crippen LogP) is 5.63. The highest BCUT2D eigenvalue weighted by atomic mass is 19.1. The van der Waals surface area contributed by atoms with Crippen LogP contribution >= 0.6 is 0 Å². The van der Waals surface area contributed by atoms with Crippen molar-refractivity contribution in [2.24, 2.45) is 5.92 Å². The molecular formula is C29H37F2N3O3. The summed E-state index contributed by atoms with van der Waals surface area (Å²) < 4.78 is 35.2. The maximum Gasteiger partial charge on any atom is 0.325 e. The van der Waals surface area contributed by atoms with E-state index in [9.17, 15) is 14.3 Å². The number of alkyl halides is 1. The Morgan fingerprint density at radius 3 is 2.92 bits per heavy atom. The van der Waals surface area contributed by atoms with Crippen LogP contribution in [0.5, 0.6) is 0 Å². The Balaban J connectivity index is 1.16. The summed E-state index contributed by atoms with van der Waals surface area (Å²) in [6.45, 7) is 2.42. The lowest BCUT2D eigenvalue weighted by Gasteiger charge is -2.28. The van der Waals surface area contributed by atoms with Crippen molar-refractivity contribution in [2.45, 2.75) is 76.1 Å². The Labute approximate surface area is 217 Å². The summed E-state index contributed by atoms with van der Waals surface area (Å²) in [7, 11) is 0. The lowest BCUT2D eigenvalue weighted by atomic mass is 9.94. The van der Waals surface area contributed by atoms with Crippen molar-refractivity contribution in [1.29, 1.82) is 0 Å². The highest BCUT2D eigenvalue weighted by Gasteiger charge is 2.38. The Morgan fingerprint density at radius 1 is 1.22 bits per heavy atom. The number of likely N-dealkylation sites (tertiary alicyclic amines) is 1. The molecule has 0 radical (unpaired) electrons. The maximum atomic E-state index is 15.2. The minimum atomic E-state index is -1.03. The van der Waals surface area contributed by atoms with Crippen molar-refractivity contribution in [2.75, 3.05) is 31.6 Å². The second kappa shape index (κ2) is 11.9. The van der Waals surface area contributed by atoms with Crippen LogP contribution in [-0.2, 0) is 22.4 Å². The summed E-state index contributed by atoms with van der Waals surface area (Å²) in [5.41, 5.74) is 3.47. The summed E-state index contributed by atoms with van der Waals surface area (Å²) in [6, 6.07) is 7.56. The zero-order valence-electron chi connectivity index (χ0n) is 21.3. The van der Waals surface area contributed by atoms with Gasteiger partial charge >= 0.3 is 5.97 Å². The Hall–Kier alpha value is -2.58. The molecule has 37 heavy (non-hydrogen) atoms. The van der Waals surface area contributed by atoms with Gasteiger partial charge in [0.15, 0.2) is 0 Å². The van der Waals surface area contributed by atoms with Crippen LogP contribution < -0.4 is 5.32 Å². The van der Waals surface area contributed by atoms with E-state index in [1.165, 1.54) is 17.7 Å². The second-order valence-electron chi connectivity index (χ2n) is 10.7. The number of benzene rings is 1. The van der Waals surface area contributed by atoms with E-state index in [-0.39, 0.29) is 12.0 Å². The number of carboxylic acid groups (broad SMARTS) is 1. The van der Waals surface area contributed by atoms with Gasteiger partial charge in [0.05, 0.1) is 6.10 Å². The first-order valence-corrected chi connectivity index (χ1v) is 13.7. The van der Waals surface area contributed by atoms with E-state index >= 15 is 4.39 Å².